The van der Waals surface area contributed by atoms with Crippen LogP contribution in [0, 0.1) is 5.92 Å². The predicted molar refractivity (Wildman–Crippen MR) is 86.5 cm³/mol. The van der Waals surface area contributed by atoms with Crippen LogP contribution in [0.25, 0.3) is 0 Å². The average molecular weight is 326 g/mol. The molecule has 0 saturated heterocycles. The summed E-state index contributed by atoms with van der Waals surface area (Å²) in [5, 5.41) is 2.68. The number of hydrogen-bond acceptors (Lipinski definition) is 4. The number of hydrogen-bond donors (Lipinski definition) is 1. The van der Waals surface area contributed by atoms with Crippen LogP contribution in [0.2, 0.25) is 0 Å². The number of carbonyl (C=O) groups is 2. The van der Waals surface area contributed by atoms with Crippen LogP contribution in [0.3, 0.4) is 0 Å². The molecule has 22 heavy (non-hydrogen) atoms. The molecule has 0 aliphatic heterocycles. The lowest BCUT2D eigenvalue weighted by Crippen LogP contribution is -2.41. The number of ketones is 1. The summed E-state index contributed by atoms with van der Waals surface area (Å²) in [7, 11) is -3.60. The van der Waals surface area contributed by atoms with Gasteiger partial charge in [0.15, 0.2) is 5.78 Å². The molecule has 1 N–H and O–H groups in total. The number of rotatable bonds is 7. The van der Waals surface area contributed by atoms with Crippen LogP contribution in [0.4, 0.5) is 5.69 Å². The summed E-state index contributed by atoms with van der Waals surface area (Å²) in [6, 6.07) is 6.13. The zero-order valence-electron chi connectivity index (χ0n) is 13.3. The lowest BCUT2D eigenvalue weighted by molar-refractivity contribution is -0.119. The van der Waals surface area contributed by atoms with Gasteiger partial charge in [-0.15, -0.1) is 0 Å². The van der Waals surface area contributed by atoms with E-state index < -0.39 is 10.0 Å². The number of sulfonamides is 1. The van der Waals surface area contributed by atoms with Gasteiger partial charge in [0.2, 0.25) is 15.9 Å². The third kappa shape index (κ3) is 5.48. The molecule has 7 heteroatoms. The Morgan fingerprint density at radius 1 is 1.18 bits per heavy atom. The van der Waals surface area contributed by atoms with Crippen molar-refractivity contribution in [2.45, 2.75) is 20.8 Å². The van der Waals surface area contributed by atoms with Gasteiger partial charge >= 0.3 is 0 Å². The molecule has 1 amide bonds. The zero-order valence-corrected chi connectivity index (χ0v) is 14.1. The van der Waals surface area contributed by atoms with E-state index in [0.717, 1.165) is 10.6 Å². The Morgan fingerprint density at radius 2 is 1.73 bits per heavy atom. The van der Waals surface area contributed by atoms with Crippen LogP contribution in [0.15, 0.2) is 24.3 Å². The quantitative estimate of drug-likeness (QED) is 0.768. The van der Waals surface area contributed by atoms with Gasteiger partial charge in [0.25, 0.3) is 0 Å². The summed E-state index contributed by atoms with van der Waals surface area (Å²) in [6.45, 7) is 5.54. The Morgan fingerprint density at radius 3 is 2.14 bits per heavy atom. The van der Waals surface area contributed by atoms with Gasteiger partial charge in [-0.25, -0.2) is 8.42 Å². The fraction of sp³-hybridized carbons (Fsp3) is 0.467. The van der Waals surface area contributed by atoms with Crippen molar-refractivity contribution in [3.8, 4) is 0 Å². The first-order chi connectivity index (χ1) is 10.1. The maximum atomic E-state index is 11.9. The lowest BCUT2D eigenvalue weighted by atomic mass is 10.1. The van der Waals surface area contributed by atoms with Gasteiger partial charge in [0, 0.05) is 12.1 Å². The molecular weight excluding hydrogens is 304 g/mol. The summed E-state index contributed by atoms with van der Waals surface area (Å²) in [6.07, 6.45) is 1.04. The smallest absolute Gasteiger partial charge is 0.240 e. The third-order valence-corrected chi connectivity index (χ3v) is 4.10. The van der Waals surface area contributed by atoms with Crippen molar-refractivity contribution in [1.82, 2.24) is 5.32 Å². The van der Waals surface area contributed by atoms with E-state index in [1.54, 1.807) is 12.1 Å². The molecule has 0 heterocycles. The summed E-state index contributed by atoms with van der Waals surface area (Å²) >= 11 is 0. The molecule has 0 aromatic heterocycles. The highest BCUT2D eigenvalue weighted by Gasteiger charge is 2.20. The molecule has 0 aliphatic rings. The number of carbonyl (C=O) groups excluding carboxylic acids is 2. The van der Waals surface area contributed by atoms with Gasteiger partial charge in [-0.2, -0.15) is 0 Å². The van der Waals surface area contributed by atoms with Gasteiger partial charge < -0.3 is 5.32 Å². The number of benzene rings is 1. The predicted octanol–water partition coefficient (Wildman–Crippen LogP) is 1.43. The minimum absolute atomic E-state index is 0.105. The number of anilines is 1. The Kier molecular flexibility index (Phi) is 6.11. The Labute approximate surface area is 131 Å². The monoisotopic (exact) mass is 326 g/mol. The van der Waals surface area contributed by atoms with Crippen molar-refractivity contribution in [2.75, 3.05) is 23.7 Å². The van der Waals surface area contributed by atoms with Crippen molar-refractivity contribution in [3.63, 3.8) is 0 Å². The number of nitrogens with zero attached hydrogens (tertiary/aromatic N) is 1. The fourth-order valence-corrected chi connectivity index (χ4v) is 2.62. The fourth-order valence-electron chi connectivity index (χ4n) is 1.77. The molecule has 0 fully saturated rings. The van der Waals surface area contributed by atoms with Gasteiger partial charge in [-0.05, 0) is 37.1 Å². The van der Waals surface area contributed by atoms with Crippen LogP contribution in [0.1, 0.15) is 31.1 Å². The Balaban J connectivity index is 2.94. The van der Waals surface area contributed by atoms with E-state index in [0.29, 0.717) is 17.8 Å². The minimum Gasteiger partial charge on any atom is -0.354 e. The maximum Gasteiger partial charge on any atom is 0.240 e. The van der Waals surface area contributed by atoms with E-state index in [9.17, 15) is 18.0 Å². The molecule has 0 saturated carbocycles. The topological polar surface area (TPSA) is 83.6 Å². The molecule has 0 radical (unpaired) electrons. The minimum atomic E-state index is -3.60. The van der Waals surface area contributed by atoms with E-state index >= 15 is 0 Å². The van der Waals surface area contributed by atoms with Crippen LogP contribution in [0.5, 0.6) is 0 Å². The maximum absolute atomic E-state index is 11.9. The van der Waals surface area contributed by atoms with E-state index in [1.807, 2.05) is 13.8 Å². The molecule has 1 rings (SSSR count). The van der Waals surface area contributed by atoms with Crippen molar-refractivity contribution in [2.24, 2.45) is 5.92 Å². The first-order valence-corrected chi connectivity index (χ1v) is 8.81. The van der Waals surface area contributed by atoms with Gasteiger partial charge in [0.1, 0.15) is 6.54 Å². The van der Waals surface area contributed by atoms with Crippen LogP contribution >= 0.6 is 0 Å². The van der Waals surface area contributed by atoms with E-state index in [1.165, 1.54) is 19.1 Å². The molecule has 0 unspecified atom stereocenters. The second kappa shape index (κ2) is 7.40. The highest BCUT2D eigenvalue weighted by Crippen LogP contribution is 2.18. The Hall–Kier alpha value is -1.89. The van der Waals surface area contributed by atoms with Crippen molar-refractivity contribution < 1.29 is 18.0 Å². The third-order valence-electron chi connectivity index (χ3n) is 2.96. The van der Waals surface area contributed by atoms with Gasteiger partial charge in [0.05, 0.1) is 11.9 Å². The molecule has 1 aromatic carbocycles. The zero-order chi connectivity index (χ0) is 16.9. The normalized spacial score (nSPS) is 11.3. The van der Waals surface area contributed by atoms with Crippen molar-refractivity contribution in [3.05, 3.63) is 29.8 Å². The average Bonchev–Trinajstić information content (AvgIpc) is 2.41. The SMILES string of the molecule is CC(=O)c1ccc(N(CC(=O)NCC(C)C)S(C)(=O)=O)cc1. The first kappa shape index (κ1) is 18.2. The molecule has 0 atom stereocenters. The number of nitrogens with one attached hydrogen (secondary N) is 1. The lowest BCUT2D eigenvalue weighted by Gasteiger charge is -2.22. The highest BCUT2D eigenvalue weighted by molar-refractivity contribution is 7.92. The summed E-state index contributed by atoms with van der Waals surface area (Å²) in [4.78, 5) is 23.1. The largest absolute Gasteiger partial charge is 0.354 e. The molecule has 0 aliphatic carbocycles. The number of Topliss-reactive ketones (excluding diaryl/α,β-unsaturated/α-hetero) is 1. The second-order valence-electron chi connectivity index (χ2n) is 5.57. The second-order valence-corrected chi connectivity index (χ2v) is 7.48. The van der Waals surface area contributed by atoms with Gasteiger partial charge in [-0.3, -0.25) is 13.9 Å². The van der Waals surface area contributed by atoms with Crippen LogP contribution in [-0.4, -0.2) is 39.5 Å². The van der Waals surface area contributed by atoms with Crippen molar-refractivity contribution >= 4 is 27.4 Å². The molecule has 1 aromatic rings. The molecule has 6 nitrogen and oxygen atoms in total. The van der Waals surface area contributed by atoms with E-state index in [4.69, 9.17) is 0 Å². The summed E-state index contributed by atoms with van der Waals surface area (Å²) in [5.74, 6) is -0.188. The Bertz CT molecular complexity index is 636. The first-order valence-electron chi connectivity index (χ1n) is 6.96. The molecule has 0 spiro atoms. The van der Waals surface area contributed by atoms with Crippen LogP contribution < -0.4 is 9.62 Å². The van der Waals surface area contributed by atoms with E-state index in [2.05, 4.69) is 5.32 Å². The number of amides is 1. The van der Waals surface area contributed by atoms with E-state index in [-0.39, 0.29) is 24.2 Å². The summed E-state index contributed by atoms with van der Waals surface area (Å²) < 4.78 is 24.8. The van der Waals surface area contributed by atoms with Crippen LogP contribution in [-0.2, 0) is 14.8 Å². The highest BCUT2D eigenvalue weighted by atomic mass is 32.2. The van der Waals surface area contributed by atoms with Crippen molar-refractivity contribution in [1.29, 1.82) is 0 Å². The standard InChI is InChI=1S/C15H22N2O4S/c1-11(2)9-16-15(19)10-17(22(4,20)21)14-7-5-13(6-8-14)12(3)18/h5-8,11H,9-10H2,1-4H3,(H,16,19). The molecule has 122 valence electrons. The molecule has 0 bridgehead atoms. The summed E-state index contributed by atoms with van der Waals surface area (Å²) in [5.41, 5.74) is 0.841. The molecular formula is C15H22N2O4S. The van der Waals surface area contributed by atoms with Gasteiger partial charge in [-0.1, -0.05) is 13.8 Å².